The van der Waals surface area contributed by atoms with Crippen molar-refractivity contribution in [1.82, 2.24) is 4.90 Å². The molecule has 1 aliphatic rings. The van der Waals surface area contributed by atoms with E-state index in [-0.39, 0.29) is 11.5 Å². The molecule has 3 heteroatoms. The molecule has 14 heavy (non-hydrogen) atoms. The van der Waals surface area contributed by atoms with E-state index in [1.165, 1.54) is 0 Å². The van der Waals surface area contributed by atoms with Crippen molar-refractivity contribution >= 4 is 5.78 Å². The quantitative estimate of drug-likeness (QED) is 0.686. The van der Waals surface area contributed by atoms with Gasteiger partial charge < -0.3 is 4.74 Å². The largest absolute Gasteiger partial charge is 0.378 e. The summed E-state index contributed by atoms with van der Waals surface area (Å²) in [5, 5.41) is 0. The van der Waals surface area contributed by atoms with Crippen molar-refractivity contribution in [3.63, 3.8) is 0 Å². The first-order chi connectivity index (χ1) is 6.43. The summed E-state index contributed by atoms with van der Waals surface area (Å²) in [4.78, 5) is 13.8. The smallest absolute Gasteiger partial charge is 0.149 e. The van der Waals surface area contributed by atoms with Crippen molar-refractivity contribution in [2.75, 3.05) is 26.3 Å². The van der Waals surface area contributed by atoms with E-state index < -0.39 is 0 Å². The van der Waals surface area contributed by atoms with Gasteiger partial charge in [0.05, 0.1) is 19.8 Å². The van der Waals surface area contributed by atoms with Gasteiger partial charge >= 0.3 is 0 Å². The fourth-order valence-electron chi connectivity index (χ4n) is 1.55. The van der Waals surface area contributed by atoms with E-state index in [2.05, 4.69) is 18.7 Å². The lowest BCUT2D eigenvalue weighted by Crippen LogP contribution is -2.54. The van der Waals surface area contributed by atoms with Crippen LogP contribution in [0.15, 0.2) is 0 Å². The first kappa shape index (κ1) is 11.7. The number of ether oxygens (including phenoxy) is 1. The van der Waals surface area contributed by atoms with Gasteiger partial charge in [0.25, 0.3) is 0 Å². The number of Topliss-reactive ketones (excluding diaryl/α,β-unsaturated/α-hetero) is 1. The van der Waals surface area contributed by atoms with E-state index in [1.807, 2.05) is 13.8 Å². The molecule has 0 aromatic carbocycles. The van der Waals surface area contributed by atoms with Crippen molar-refractivity contribution in [3.8, 4) is 0 Å². The molecule has 0 aliphatic carbocycles. The number of morpholine rings is 1. The zero-order valence-corrected chi connectivity index (χ0v) is 9.67. The van der Waals surface area contributed by atoms with Gasteiger partial charge in [0.1, 0.15) is 5.78 Å². The molecule has 1 aliphatic heterocycles. The number of carbonyl (C=O) groups is 1. The minimum absolute atomic E-state index is 0.00278. The fraction of sp³-hybridized carbons (Fsp3) is 0.909. The third kappa shape index (κ3) is 2.79. The summed E-state index contributed by atoms with van der Waals surface area (Å²) in [6, 6.07) is 0. The standard InChI is InChI=1S/C11H21NO2/c1-9(2)10(13)7-12-5-6-14-8-11(12,3)4/h9H,5-8H2,1-4H3. The summed E-state index contributed by atoms with van der Waals surface area (Å²) < 4.78 is 5.40. The van der Waals surface area contributed by atoms with Crippen LogP contribution in [0.3, 0.4) is 0 Å². The highest BCUT2D eigenvalue weighted by atomic mass is 16.5. The number of hydrogen-bond donors (Lipinski definition) is 0. The SMILES string of the molecule is CC(C)C(=O)CN1CCOCC1(C)C. The van der Waals surface area contributed by atoms with E-state index in [0.717, 1.165) is 19.8 Å². The normalized spacial score (nSPS) is 22.6. The van der Waals surface area contributed by atoms with Gasteiger partial charge in [-0.2, -0.15) is 0 Å². The number of hydrogen-bond acceptors (Lipinski definition) is 3. The van der Waals surface area contributed by atoms with Crippen LogP contribution in [0.25, 0.3) is 0 Å². The molecule has 0 atom stereocenters. The Labute approximate surface area is 86.4 Å². The molecule has 1 saturated heterocycles. The van der Waals surface area contributed by atoms with Gasteiger partial charge in [-0.3, -0.25) is 9.69 Å². The molecule has 0 N–H and O–H groups in total. The van der Waals surface area contributed by atoms with E-state index >= 15 is 0 Å². The van der Waals surface area contributed by atoms with Crippen LogP contribution in [0, 0.1) is 5.92 Å². The zero-order valence-electron chi connectivity index (χ0n) is 9.67. The summed E-state index contributed by atoms with van der Waals surface area (Å²) in [7, 11) is 0. The Balaban J connectivity index is 2.54. The Morgan fingerprint density at radius 1 is 1.50 bits per heavy atom. The molecule has 0 aromatic heterocycles. The summed E-state index contributed by atoms with van der Waals surface area (Å²) in [6.07, 6.45) is 0. The number of nitrogens with zero attached hydrogens (tertiary/aromatic N) is 1. The first-order valence-electron chi connectivity index (χ1n) is 5.29. The van der Waals surface area contributed by atoms with Gasteiger partial charge in [-0.1, -0.05) is 13.8 Å². The van der Waals surface area contributed by atoms with Crippen LogP contribution in [0.5, 0.6) is 0 Å². The summed E-state index contributed by atoms with van der Waals surface area (Å²) >= 11 is 0. The third-order valence-corrected chi connectivity index (χ3v) is 2.81. The molecule has 3 nitrogen and oxygen atoms in total. The minimum atomic E-state index is 0.00278. The predicted molar refractivity (Wildman–Crippen MR) is 56.3 cm³/mol. The maximum Gasteiger partial charge on any atom is 0.149 e. The lowest BCUT2D eigenvalue weighted by molar-refractivity contribution is -0.128. The second kappa shape index (κ2) is 4.41. The molecular formula is C11H21NO2. The van der Waals surface area contributed by atoms with Crippen LogP contribution in [-0.2, 0) is 9.53 Å². The van der Waals surface area contributed by atoms with Gasteiger partial charge in [-0.25, -0.2) is 0 Å². The summed E-state index contributed by atoms with van der Waals surface area (Å²) in [6.45, 7) is 11.1. The maximum absolute atomic E-state index is 11.6. The zero-order chi connectivity index (χ0) is 10.8. The maximum atomic E-state index is 11.6. The lowest BCUT2D eigenvalue weighted by Gasteiger charge is -2.41. The van der Waals surface area contributed by atoms with Crippen molar-refractivity contribution in [3.05, 3.63) is 0 Å². The minimum Gasteiger partial charge on any atom is -0.378 e. The number of ketones is 1. The summed E-state index contributed by atoms with van der Waals surface area (Å²) in [5.74, 6) is 0.452. The van der Waals surface area contributed by atoms with Crippen LogP contribution >= 0.6 is 0 Å². The van der Waals surface area contributed by atoms with Gasteiger partial charge in [-0.15, -0.1) is 0 Å². The van der Waals surface area contributed by atoms with Crippen molar-refractivity contribution in [2.45, 2.75) is 33.2 Å². The highest BCUT2D eigenvalue weighted by Gasteiger charge is 2.31. The highest BCUT2D eigenvalue weighted by molar-refractivity contribution is 5.82. The van der Waals surface area contributed by atoms with Gasteiger partial charge in [-0.05, 0) is 13.8 Å². The molecule has 1 rings (SSSR count). The Kier molecular flexibility index (Phi) is 3.67. The Hall–Kier alpha value is -0.410. The Morgan fingerprint density at radius 2 is 2.14 bits per heavy atom. The van der Waals surface area contributed by atoms with Crippen molar-refractivity contribution < 1.29 is 9.53 Å². The molecule has 0 saturated carbocycles. The Bertz CT molecular complexity index is 211. The average Bonchev–Trinajstić information content (AvgIpc) is 2.08. The molecule has 0 aromatic rings. The highest BCUT2D eigenvalue weighted by Crippen LogP contribution is 2.18. The molecule has 0 bridgehead atoms. The van der Waals surface area contributed by atoms with Crippen molar-refractivity contribution in [1.29, 1.82) is 0 Å². The average molecular weight is 199 g/mol. The third-order valence-electron chi connectivity index (χ3n) is 2.81. The molecule has 0 amide bonds. The Morgan fingerprint density at radius 3 is 2.64 bits per heavy atom. The molecule has 0 radical (unpaired) electrons. The monoisotopic (exact) mass is 199 g/mol. The summed E-state index contributed by atoms with van der Waals surface area (Å²) in [5.41, 5.74) is 0.00278. The lowest BCUT2D eigenvalue weighted by atomic mass is 10.0. The van der Waals surface area contributed by atoms with Crippen molar-refractivity contribution in [2.24, 2.45) is 5.92 Å². The van der Waals surface area contributed by atoms with Gasteiger partial charge in [0.2, 0.25) is 0 Å². The first-order valence-corrected chi connectivity index (χ1v) is 5.29. The molecular weight excluding hydrogens is 178 g/mol. The van der Waals surface area contributed by atoms with Crippen LogP contribution in [0.1, 0.15) is 27.7 Å². The van der Waals surface area contributed by atoms with Gasteiger partial charge in [0, 0.05) is 18.0 Å². The second-order valence-corrected chi connectivity index (χ2v) is 4.91. The van der Waals surface area contributed by atoms with E-state index in [1.54, 1.807) is 0 Å². The van der Waals surface area contributed by atoms with Crippen LogP contribution in [0.4, 0.5) is 0 Å². The fourth-order valence-corrected chi connectivity index (χ4v) is 1.55. The molecule has 1 fully saturated rings. The molecule has 0 unspecified atom stereocenters. The van der Waals surface area contributed by atoms with Crippen LogP contribution in [-0.4, -0.2) is 42.5 Å². The predicted octanol–water partition coefficient (Wildman–Crippen LogP) is 1.32. The van der Waals surface area contributed by atoms with Crippen LogP contribution < -0.4 is 0 Å². The topological polar surface area (TPSA) is 29.5 Å². The number of rotatable bonds is 3. The van der Waals surface area contributed by atoms with E-state index in [0.29, 0.717) is 12.3 Å². The molecule has 0 spiro atoms. The van der Waals surface area contributed by atoms with Gasteiger partial charge in [0.15, 0.2) is 0 Å². The van der Waals surface area contributed by atoms with E-state index in [9.17, 15) is 4.79 Å². The van der Waals surface area contributed by atoms with Crippen LogP contribution in [0.2, 0.25) is 0 Å². The second-order valence-electron chi connectivity index (χ2n) is 4.91. The van der Waals surface area contributed by atoms with E-state index in [4.69, 9.17) is 4.74 Å². The molecule has 82 valence electrons. The molecule has 1 heterocycles. The number of carbonyl (C=O) groups excluding carboxylic acids is 1.